The third kappa shape index (κ3) is 2.82. The number of nitrogens with zero attached hydrogens (tertiary/aromatic N) is 1. The zero-order valence-corrected chi connectivity index (χ0v) is 12.8. The maximum Gasteiger partial charge on any atom is 0.307 e. The predicted molar refractivity (Wildman–Crippen MR) is 74.2 cm³/mol. The van der Waals surface area contributed by atoms with Crippen LogP contribution in [0, 0.1) is 23.2 Å². The number of carbonyl (C=O) groups is 2. The number of rotatable bonds is 5. The zero-order chi connectivity index (χ0) is 15.1. The van der Waals surface area contributed by atoms with Crippen molar-refractivity contribution in [1.82, 2.24) is 4.90 Å². The fraction of sp³-hybridized carbons (Fsp3) is 0.867. The summed E-state index contributed by atoms with van der Waals surface area (Å²) in [6.07, 6.45) is 0.954. The zero-order valence-electron chi connectivity index (χ0n) is 12.8. The highest BCUT2D eigenvalue weighted by atomic mass is 16.5. The van der Waals surface area contributed by atoms with Crippen LogP contribution in [0.5, 0.6) is 0 Å². The Morgan fingerprint density at radius 3 is 2.50 bits per heavy atom. The molecule has 2 rings (SSSR count). The van der Waals surface area contributed by atoms with Gasteiger partial charge in [-0.25, -0.2) is 0 Å². The first-order valence-electron chi connectivity index (χ1n) is 7.38. The van der Waals surface area contributed by atoms with Crippen molar-refractivity contribution in [1.29, 1.82) is 0 Å². The monoisotopic (exact) mass is 283 g/mol. The molecule has 5 heteroatoms. The molecule has 1 amide bonds. The average molecular weight is 283 g/mol. The van der Waals surface area contributed by atoms with Crippen LogP contribution in [-0.2, 0) is 14.3 Å². The van der Waals surface area contributed by atoms with Gasteiger partial charge in [-0.15, -0.1) is 0 Å². The highest BCUT2D eigenvalue weighted by Gasteiger charge is 2.66. The molecule has 1 saturated heterocycles. The van der Waals surface area contributed by atoms with Crippen molar-refractivity contribution >= 4 is 11.9 Å². The van der Waals surface area contributed by atoms with E-state index in [9.17, 15) is 9.59 Å². The van der Waals surface area contributed by atoms with Gasteiger partial charge in [0.05, 0.1) is 17.9 Å². The van der Waals surface area contributed by atoms with Crippen LogP contribution in [0.4, 0.5) is 0 Å². The number of carbonyl (C=O) groups excluding carboxylic acids is 1. The van der Waals surface area contributed by atoms with E-state index in [-0.39, 0.29) is 17.9 Å². The van der Waals surface area contributed by atoms with Gasteiger partial charge in [-0.2, -0.15) is 0 Å². The van der Waals surface area contributed by atoms with Crippen LogP contribution in [0.1, 0.15) is 34.1 Å². The molecule has 3 atom stereocenters. The summed E-state index contributed by atoms with van der Waals surface area (Å²) in [5.74, 6) is -1.30. The molecule has 0 aromatic rings. The average Bonchev–Trinajstić information content (AvgIpc) is 2.73. The summed E-state index contributed by atoms with van der Waals surface area (Å²) < 4.78 is 5.76. The smallest absolute Gasteiger partial charge is 0.307 e. The fourth-order valence-electron chi connectivity index (χ4n) is 3.15. The number of hydrogen-bond donors (Lipinski definition) is 1. The Morgan fingerprint density at radius 2 is 2.00 bits per heavy atom. The molecule has 1 unspecified atom stereocenters. The topological polar surface area (TPSA) is 66.8 Å². The summed E-state index contributed by atoms with van der Waals surface area (Å²) in [6, 6.07) is 0. The predicted octanol–water partition coefficient (Wildman–Crippen LogP) is 1.62. The molecular formula is C15H25NO4. The van der Waals surface area contributed by atoms with Gasteiger partial charge in [0.2, 0.25) is 5.91 Å². The van der Waals surface area contributed by atoms with Crippen LogP contribution < -0.4 is 0 Å². The minimum Gasteiger partial charge on any atom is -0.481 e. The van der Waals surface area contributed by atoms with Crippen molar-refractivity contribution in [3.63, 3.8) is 0 Å². The first-order chi connectivity index (χ1) is 9.25. The van der Waals surface area contributed by atoms with Gasteiger partial charge >= 0.3 is 5.97 Å². The van der Waals surface area contributed by atoms with Crippen molar-refractivity contribution in [2.45, 2.75) is 40.2 Å². The van der Waals surface area contributed by atoms with Gasteiger partial charge in [0, 0.05) is 19.7 Å². The lowest BCUT2D eigenvalue weighted by molar-refractivity contribution is -0.141. The second-order valence-corrected chi connectivity index (χ2v) is 7.04. The van der Waals surface area contributed by atoms with Gasteiger partial charge in [0.1, 0.15) is 0 Å². The third-order valence-corrected chi connectivity index (χ3v) is 4.48. The van der Waals surface area contributed by atoms with Gasteiger partial charge in [-0.1, -0.05) is 27.7 Å². The van der Waals surface area contributed by atoms with Crippen molar-refractivity contribution < 1.29 is 19.4 Å². The summed E-state index contributed by atoms with van der Waals surface area (Å²) in [6.45, 7) is 9.91. The molecule has 20 heavy (non-hydrogen) atoms. The Balaban J connectivity index is 1.88. The Kier molecular flexibility index (Phi) is 4.09. The number of hydrogen-bond acceptors (Lipinski definition) is 3. The molecule has 1 saturated carbocycles. The van der Waals surface area contributed by atoms with Crippen LogP contribution in [0.25, 0.3) is 0 Å². The molecule has 0 aromatic heterocycles. The molecule has 0 aromatic carbocycles. The van der Waals surface area contributed by atoms with Crippen LogP contribution in [-0.4, -0.2) is 47.7 Å². The van der Waals surface area contributed by atoms with E-state index in [0.29, 0.717) is 25.6 Å². The summed E-state index contributed by atoms with van der Waals surface area (Å²) in [5.41, 5.74) is -0.417. The van der Waals surface area contributed by atoms with Gasteiger partial charge in [-0.05, 0) is 17.8 Å². The van der Waals surface area contributed by atoms with Crippen LogP contribution >= 0.6 is 0 Å². The first kappa shape index (κ1) is 15.3. The van der Waals surface area contributed by atoms with Gasteiger partial charge in [0.15, 0.2) is 0 Å². The third-order valence-electron chi connectivity index (χ3n) is 4.48. The Morgan fingerprint density at radius 1 is 1.35 bits per heavy atom. The lowest BCUT2D eigenvalue weighted by Crippen LogP contribution is -2.33. The minimum atomic E-state index is -0.861. The fourth-order valence-corrected chi connectivity index (χ4v) is 3.15. The van der Waals surface area contributed by atoms with Crippen molar-refractivity contribution in [2.24, 2.45) is 23.2 Å². The molecule has 2 aliphatic rings. The molecule has 0 radical (unpaired) electrons. The van der Waals surface area contributed by atoms with E-state index < -0.39 is 17.3 Å². The van der Waals surface area contributed by atoms with E-state index in [4.69, 9.17) is 9.84 Å². The summed E-state index contributed by atoms with van der Waals surface area (Å²) in [4.78, 5) is 25.4. The molecular weight excluding hydrogens is 258 g/mol. The first-order valence-corrected chi connectivity index (χ1v) is 7.38. The Bertz CT molecular complexity index is 405. The number of carboxylic acids is 1. The standard InChI is InChI=1S/C15H25NO4/c1-9(2)8-20-10-5-6-16(7-10)13(17)11-12(14(18)19)15(11,3)4/h9-12H,5-8H2,1-4H3,(H,18,19)/t10?,11-,12+/m0/s1. The van der Waals surface area contributed by atoms with Crippen LogP contribution in [0.2, 0.25) is 0 Å². The molecule has 0 bridgehead atoms. The number of amides is 1. The van der Waals surface area contributed by atoms with Crippen molar-refractivity contribution in [3.8, 4) is 0 Å². The van der Waals surface area contributed by atoms with E-state index in [1.165, 1.54) is 0 Å². The Labute approximate surface area is 120 Å². The maximum atomic E-state index is 12.4. The number of ether oxygens (including phenoxy) is 1. The quantitative estimate of drug-likeness (QED) is 0.832. The van der Waals surface area contributed by atoms with Crippen molar-refractivity contribution in [2.75, 3.05) is 19.7 Å². The van der Waals surface area contributed by atoms with E-state index in [1.54, 1.807) is 4.90 Å². The molecule has 1 aliphatic carbocycles. The van der Waals surface area contributed by atoms with Gasteiger partial charge in [-0.3, -0.25) is 9.59 Å². The second-order valence-electron chi connectivity index (χ2n) is 7.04. The number of aliphatic carboxylic acids is 1. The molecule has 2 fully saturated rings. The van der Waals surface area contributed by atoms with Gasteiger partial charge < -0.3 is 14.7 Å². The molecule has 0 spiro atoms. The largest absolute Gasteiger partial charge is 0.481 e. The summed E-state index contributed by atoms with van der Waals surface area (Å²) in [7, 11) is 0. The van der Waals surface area contributed by atoms with E-state index in [1.807, 2.05) is 13.8 Å². The highest BCUT2D eigenvalue weighted by Crippen LogP contribution is 2.59. The van der Waals surface area contributed by atoms with E-state index in [2.05, 4.69) is 13.8 Å². The van der Waals surface area contributed by atoms with Gasteiger partial charge in [0.25, 0.3) is 0 Å². The number of carboxylic acid groups (broad SMARTS) is 1. The molecule has 1 aliphatic heterocycles. The lowest BCUT2D eigenvalue weighted by Gasteiger charge is -2.18. The second kappa shape index (κ2) is 5.35. The number of likely N-dealkylation sites (tertiary alicyclic amines) is 1. The lowest BCUT2D eigenvalue weighted by atomic mass is 10.1. The van der Waals surface area contributed by atoms with Crippen LogP contribution in [0.15, 0.2) is 0 Å². The highest BCUT2D eigenvalue weighted by molar-refractivity contribution is 5.91. The Hall–Kier alpha value is -1.10. The molecule has 1 N–H and O–H groups in total. The SMILES string of the molecule is CC(C)COC1CCN(C(=O)[C@@H]2[C@H](C(=O)O)C2(C)C)C1. The summed E-state index contributed by atoms with van der Waals surface area (Å²) >= 11 is 0. The molecule has 5 nitrogen and oxygen atoms in total. The minimum absolute atomic E-state index is 0.0157. The normalized spacial score (nSPS) is 31.6. The molecule has 1 heterocycles. The molecule has 114 valence electrons. The van der Waals surface area contributed by atoms with E-state index in [0.717, 1.165) is 6.42 Å². The van der Waals surface area contributed by atoms with Crippen molar-refractivity contribution in [3.05, 3.63) is 0 Å². The maximum absolute atomic E-state index is 12.4. The summed E-state index contributed by atoms with van der Waals surface area (Å²) in [5, 5.41) is 9.15. The van der Waals surface area contributed by atoms with Crippen LogP contribution in [0.3, 0.4) is 0 Å². The van der Waals surface area contributed by atoms with E-state index >= 15 is 0 Å².